The fourth-order valence-electron chi connectivity index (χ4n) is 12.9. The zero-order chi connectivity index (χ0) is 75.5. The molecule has 0 atom stereocenters. The van der Waals surface area contributed by atoms with Gasteiger partial charge in [0.2, 0.25) is 0 Å². The van der Waals surface area contributed by atoms with Crippen molar-refractivity contribution in [3.05, 3.63) is 259 Å². The van der Waals surface area contributed by atoms with Gasteiger partial charge in [-0.1, -0.05) is 246 Å². The molecule has 0 saturated carbocycles. The number of nitrogens with zero attached hydrogens (tertiary/aromatic N) is 8. The molecule has 0 aliphatic carbocycles. The van der Waals surface area contributed by atoms with Crippen LogP contribution in [0.15, 0.2) is 190 Å². The Morgan fingerprint density at radius 1 is 0.271 bits per heavy atom. The van der Waals surface area contributed by atoms with Crippen molar-refractivity contribution < 1.29 is 260 Å². The second kappa shape index (κ2) is 62.9. The van der Waals surface area contributed by atoms with E-state index in [1.165, 1.54) is 92.4 Å². The molecule has 12 aromatic rings. The molecule has 0 radical (unpaired) electrons. The zero-order valence-electron chi connectivity index (χ0n) is 69.1. The van der Waals surface area contributed by atoms with Crippen LogP contribution in [-0.4, -0.2) is 71.2 Å². The molecule has 2 saturated heterocycles. The first-order valence-electron chi connectivity index (χ1n) is 37.6. The van der Waals surface area contributed by atoms with E-state index in [0.717, 1.165) is 122 Å². The molecule has 612 valence electrons. The van der Waals surface area contributed by atoms with Crippen LogP contribution in [0.4, 0.5) is 22.7 Å². The number of hydrogen-bond donors (Lipinski definition) is 0. The van der Waals surface area contributed by atoms with Crippen molar-refractivity contribution in [2.24, 2.45) is 20.0 Å². The van der Waals surface area contributed by atoms with Crippen molar-refractivity contribution in [3.8, 4) is 23.0 Å². The quantitative estimate of drug-likeness (QED) is 0.0849. The van der Waals surface area contributed by atoms with Crippen LogP contribution in [0, 0.1) is 27.7 Å². The summed E-state index contributed by atoms with van der Waals surface area (Å²) in [5, 5.41) is 51.2. The van der Waals surface area contributed by atoms with Crippen molar-refractivity contribution in [1.82, 2.24) is 19.9 Å². The second-order valence-corrected chi connectivity index (χ2v) is 26.5. The standard InChI is InChI=1S/4C21H22N2O.2C4H8O.8ClH.4Y/c4*1-4-15-11-14(3)12-16(5-2)20(15)22-13-18-10-9-17-7-6-8-19(24)21(17)23-18;2*1-2-4-5-3-1;;;;;;;;;;;;/h4*6-13,24H,4-5H2,1-3H3;2*1-4H2;8*1H;;;;/q;;;;;;;;;;;;;;4*+3/p-12. The number of para-hydroxylation sites is 4. The SMILES string of the molecule is C1CCOC1.C1CCOC1.CCc1cc(C)cc(CC)c1N=Cc1ccc2cccc([O-])c2n1.CCc1cc(C)cc(CC)c1N=Cc1ccc2cccc([O-])c2n1.CCc1cc(C)cc(CC)c1N=Cc1ccc2cccc([O-])c2n1.CCc1cc(C)cc(CC)c1N=Cc1ccc2cccc([O-])c2n1.[Cl-].[Cl-].[Cl-].[Cl-].[Cl-].[Cl-].[Cl-].[Cl-].[Y+3].[Y+3].[Y+3].[Y+3]. The predicted octanol–water partition coefficient (Wildman–Crippen LogP) is -4.42. The summed E-state index contributed by atoms with van der Waals surface area (Å²) in [5.41, 5.74) is 23.9. The summed E-state index contributed by atoms with van der Waals surface area (Å²) < 4.78 is 9.89. The first kappa shape index (κ1) is 120. The molecule has 0 amide bonds. The fraction of sp³-hybridized carbons (Fsp3) is 0.304. The van der Waals surface area contributed by atoms with Gasteiger partial charge in [0.05, 0.1) is 92.5 Å². The maximum atomic E-state index is 11.9. The minimum absolute atomic E-state index is 0. The molecule has 0 bridgehead atoms. The maximum absolute atomic E-state index is 11.9. The monoisotopic (exact) mass is 2050 g/mol. The number of rotatable bonds is 16. The first-order valence-corrected chi connectivity index (χ1v) is 37.6. The van der Waals surface area contributed by atoms with Crippen LogP contribution in [0.3, 0.4) is 0 Å². The molecule has 14 nitrogen and oxygen atoms in total. The molecule has 0 N–H and O–H groups in total. The van der Waals surface area contributed by atoms with Gasteiger partial charge in [-0.25, -0.2) is 19.9 Å². The van der Waals surface area contributed by atoms with E-state index in [1.54, 1.807) is 73.4 Å². The molecule has 14 rings (SSSR count). The maximum Gasteiger partial charge on any atom is 3.00 e. The summed E-state index contributed by atoms with van der Waals surface area (Å²) in [7, 11) is 0. The summed E-state index contributed by atoms with van der Waals surface area (Å²) in [5.74, 6) is -0.216. The van der Waals surface area contributed by atoms with Crippen molar-refractivity contribution in [2.45, 2.75) is 160 Å². The number of halogens is 8. The van der Waals surface area contributed by atoms with E-state index >= 15 is 0 Å². The number of hydrogen-bond acceptors (Lipinski definition) is 14. The van der Waals surface area contributed by atoms with Crippen LogP contribution in [0.25, 0.3) is 43.6 Å². The number of aliphatic imine (C=N–C) groups is 4. The van der Waals surface area contributed by atoms with Gasteiger partial charge >= 0.3 is 131 Å². The number of pyridine rings is 4. The number of ether oxygens (including phenoxy) is 2. The van der Waals surface area contributed by atoms with Crippen LogP contribution >= 0.6 is 0 Å². The molecule has 118 heavy (non-hydrogen) atoms. The number of benzene rings is 8. The molecule has 8 aromatic carbocycles. The summed E-state index contributed by atoms with van der Waals surface area (Å²) in [4.78, 5) is 36.7. The van der Waals surface area contributed by atoms with Gasteiger partial charge in [0.15, 0.2) is 0 Å². The summed E-state index contributed by atoms with van der Waals surface area (Å²) in [6.45, 7) is 29.6. The van der Waals surface area contributed by atoms with E-state index in [4.69, 9.17) is 29.4 Å². The van der Waals surface area contributed by atoms with E-state index in [-0.39, 0.29) is 253 Å². The smallest absolute Gasteiger partial charge is 1.00 e. The van der Waals surface area contributed by atoms with Gasteiger partial charge in [-0.3, -0.25) is 20.0 Å². The third-order valence-corrected chi connectivity index (χ3v) is 18.5. The van der Waals surface area contributed by atoms with E-state index in [0.29, 0.717) is 44.8 Å². The molecule has 2 aliphatic heterocycles. The van der Waals surface area contributed by atoms with Crippen LogP contribution in [-0.2, 0) is 192 Å². The van der Waals surface area contributed by atoms with Crippen LogP contribution < -0.4 is 120 Å². The molecule has 2 aliphatic rings. The van der Waals surface area contributed by atoms with Gasteiger partial charge in [0, 0.05) is 26.4 Å². The van der Waals surface area contributed by atoms with Crippen molar-refractivity contribution in [2.75, 3.05) is 26.4 Å². The van der Waals surface area contributed by atoms with E-state index in [2.05, 4.69) is 152 Å². The van der Waals surface area contributed by atoms with Crippen LogP contribution in [0.5, 0.6) is 23.0 Å². The Labute approximate surface area is 849 Å². The number of fused-ring (bicyclic) bond motifs is 4. The molecule has 4 aromatic heterocycles. The average Bonchev–Trinajstić information content (AvgIpc) is 1.56. The van der Waals surface area contributed by atoms with E-state index in [1.807, 2.05) is 72.8 Å². The second-order valence-electron chi connectivity index (χ2n) is 26.5. The minimum Gasteiger partial charge on any atom is -1.00 e. The van der Waals surface area contributed by atoms with E-state index < -0.39 is 0 Å². The topological polar surface area (TPSA) is 212 Å². The zero-order valence-corrected chi connectivity index (χ0v) is 86.5. The summed E-state index contributed by atoms with van der Waals surface area (Å²) >= 11 is 0. The Balaban J connectivity index is -0.000000681. The van der Waals surface area contributed by atoms with Gasteiger partial charge in [-0.2, -0.15) is 0 Å². The molecule has 0 unspecified atom stereocenters. The van der Waals surface area contributed by atoms with Gasteiger partial charge < -0.3 is 129 Å². The minimum atomic E-state index is -0.0541. The third kappa shape index (κ3) is 35.2. The molecular formula is C92H100Cl8N8O6Y4. The Morgan fingerprint density at radius 2 is 0.441 bits per heavy atom. The van der Waals surface area contributed by atoms with Crippen molar-refractivity contribution >= 4 is 91.2 Å². The Kier molecular flexibility index (Phi) is 64.1. The molecule has 26 heteroatoms. The fourth-order valence-corrected chi connectivity index (χ4v) is 12.9. The van der Waals surface area contributed by atoms with Gasteiger partial charge in [-0.05, 0) is 195 Å². The molecular weight excluding hydrogens is 1950 g/mol. The van der Waals surface area contributed by atoms with Gasteiger partial charge in [0.1, 0.15) is 0 Å². The predicted molar refractivity (Wildman–Crippen MR) is 434 cm³/mol. The Hall–Kier alpha value is -4.06. The normalized spacial score (nSPS) is 11.4. The number of aromatic nitrogens is 4. The largest absolute Gasteiger partial charge is 3.00 e. The third-order valence-electron chi connectivity index (χ3n) is 18.5. The Bertz CT molecular complexity index is 4400. The summed E-state index contributed by atoms with van der Waals surface area (Å²) in [6, 6.07) is 53.6. The number of aryl methyl sites for hydroxylation is 12. The molecule has 6 heterocycles. The molecule has 0 spiro atoms. The van der Waals surface area contributed by atoms with Gasteiger partial charge in [-0.15, -0.1) is 0 Å². The Morgan fingerprint density at radius 3 is 0.585 bits per heavy atom. The summed E-state index contributed by atoms with van der Waals surface area (Å²) in [6.07, 6.45) is 19.7. The van der Waals surface area contributed by atoms with Crippen LogP contribution in [0.2, 0.25) is 0 Å². The van der Waals surface area contributed by atoms with Gasteiger partial charge in [0.25, 0.3) is 0 Å². The van der Waals surface area contributed by atoms with Crippen molar-refractivity contribution in [1.29, 1.82) is 0 Å². The first-order chi connectivity index (χ1) is 51.5. The van der Waals surface area contributed by atoms with Crippen LogP contribution in [0.1, 0.15) is 171 Å². The van der Waals surface area contributed by atoms with E-state index in [9.17, 15) is 20.4 Å². The average molecular weight is 2050 g/mol. The van der Waals surface area contributed by atoms with Crippen molar-refractivity contribution in [3.63, 3.8) is 0 Å². The molecule has 2 fully saturated rings.